The highest BCUT2D eigenvalue weighted by molar-refractivity contribution is 5.87. The van der Waals surface area contributed by atoms with Crippen LogP contribution in [-0.2, 0) is 0 Å². The zero-order valence-electron chi connectivity index (χ0n) is 8.18. The summed E-state index contributed by atoms with van der Waals surface area (Å²) in [5, 5.41) is 8.72. The molecule has 0 saturated heterocycles. The molecule has 2 rings (SSSR count). The Morgan fingerprint density at radius 3 is 2.73 bits per heavy atom. The van der Waals surface area contributed by atoms with Crippen molar-refractivity contribution >= 4 is 11.5 Å². The minimum Gasteiger partial charge on any atom is -0.478 e. The molecular weight excluding hydrogens is 190 g/mol. The molecule has 3 nitrogen and oxygen atoms in total. The fourth-order valence-corrected chi connectivity index (χ4v) is 1.49. The molecule has 1 aliphatic carbocycles. The van der Waals surface area contributed by atoms with E-state index in [1.165, 1.54) is 6.20 Å². The quantitative estimate of drug-likeness (QED) is 0.799. The SMILES string of the molecule is O=C(O)c1ccc(C2=CCCC=C2)nc1. The van der Waals surface area contributed by atoms with Crippen molar-refractivity contribution in [3.05, 3.63) is 47.8 Å². The van der Waals surface area contributed by atoms with E-state index in [1.54, 1.807) is 12.1 Å². The number of hydrogen-bond donors (Lipinski definition) is 1. The van der Waals surface area contributed by atoms with E-state index in [4.69, 9.17) is 5.11 Å². The van der Waals surface area contributed by atoms with Gasteiger partial charge in [-0.15, -0.1) is 0 Å². The number of allylic oxidation sites excluding steroid dienone is 4. The van der Waals surface area contributed by atoms with Gasteiger partial charge in [0.1, 0.15) is 0 Å². The molecule has 0 spiro atoms. The molecule has 1 aromatic rings. The number of aromatic carboxylic acids is 1. The van der Waals surface area contributed by atoms with Crippen LogP contribution >= 0.6 is 0 Å². The second-order valence-corrected chi connectivity index (χ2v) is 3.38. The summed E-state index contributed by atoms with van der Waals surface area (Å²) in [5.41, 5.74) is 2.12. The van der Waals surface area contributed by atoms with E-state index in [2.05, 4.69) is 17.1 Å². The lowest BCUT2D eigenvalue weighted by atomic mass is 10.0. The van der Waals surface area contributed by atoms with Crippen LogP contribution < -0.4 is 0 Å². The van der Waals surface area contributed by atoms with Gasteiger partial charge in [0.2, 0.25) is 0 Å². The first-order chi connectivity index (χ1) is 7.27. The van der Waals surface area contributed by atoms with E-state index in [1.807, 2.05) is 6.08 Å². The first-order valence-corrected chi connectivity index (χ1v) is 4.84. The fraction of sp³-hybridized carbons (Fsp3) is 0.167. The summed E-state index contributed by atoms with van der Waals surface area (Å²) in [5.74, 6) is -0.942. The van der Waals surface area contributed by atoms with Gasteiger partial charge in [-0.2, -0.15) is 0 Å². The average Bonchev–Trinajstić information content (AvgIpc) is 2.30. The van der Waals surface area contributed by atoms with E-state index in [9.17, 15) is 4.79 Å². The Morgan fingerprint density at radius 1 is 1.33 bits per heavy atom. The molecule has 1 heterocycles. The summed E-state index contributed by atoms with van der Waals surface area (Å²) < 4.78 is 0. The van der Waals surface area contributed by atoms with E-state index in [-0.39, 0.29) is 5.56 Å². The highest BCUT2D eigenvalue weighted by atomic mass is 16.4. The molecule has 0 aliphatic heterocycles. The van der Waals surface area contributed by atoms with Crippen LogP contribution in [0, 0.1) is 0 Å². The van der Waals surface area contributed by atoms with Gasteiger partial charge in [-0.3, -0.25) is 4.98 Å². The first kappa shape index (κ1) is 9.65. The number of rotatable bonds is 2. The van der Waals surface area contributed by atoms with Crippen molar-refractivity contribution in [2.45, 2.75) is 12.8 Å². The number of carbonyl (C=O) groups is 1. The smallest absolute Gasteiger partial charge is 0.337 e. The summed E-state index contributed by atoms with van der Waals surface area (Å²) in [7, 11) is 0. The third-order valence-corrected chi connectivity index (χ3v) is 2.30. The second kappa shape index (κ2) is 4.09. The lowest BCUT2D eigenvalue weighted by molar-refractivity contribution is 0.0696. The zero-order valence-corrected chi connectivity index (χ0v) is 8.18. The monoisotopic (exact) mass is 201 g/mol. The lowest BCUT2D eigenvalue weighted by Crippen LogP contribution is -1.98. The molecule has 0 unspecified atom stereocenters. The van der Waals surface area contributed by atoms with Crippen LogP contribution in [-0.4, -0.2) is 16.1 Å². The molecule has 0 aromatic carbocycles. The molecule has 0 bridgehead atoms. The molecule has 0 saturated carbocycles. The van der Waals surface area contributed by atoms with Crippen molar-refractivity contribution in [1.29, 1.82) is 0 Å². The topological polar surface area (TPSA) is 50.2 Å². The lowest BCUT2D eigenvalue weighted by Gasteiger charge is -2.05. The molecule has 0 radical (unpaired) electrons. The van der Waals surface area contributed by atoms with Crippen LogP contribution in [0.15, 0.2) is 36.6 Å². The highest BCUT2D eigenvalue weighted by Gasteiger charge is 2.05. The third kappa shape index (κ3) is 2.13. The molecule has 1 aliphatic rings. The molecule has 1 N–H and O–H groups in total. The molecule has 76 valence electrons. The molecule has 0 fully saturated rings. The van der Waals surface area contributed by atoms with Crippen molar-refractivity contribution in [3.8, 4) is 0 Å². The van der Waals surface area contributed by atoms with Gasteiger partial charge < -0.3 is 5.11 Å². The number of carboxylic acid groups (broad SMARTS) is 1. The Balaban J connectivity index is 2.27. The van der Waals surface area contributed by atoms with Gasteiger partial charge in [0, 0.05) is 6.20 Å². The Labute approximate surface area is 87.8 Å². The van der Waals surface area contributed by atoms with Crippen LogP contribution in [0.2, 0.25) is 0 Å². The zero-order chi connectivity index (χ0) is 10.7. The fourth-order valence-electron chi connectivity index (χ4n) is 1.49. The maximum absolute atomic E-state index is 10.6. The van der Waals surface area contributed by atoms with Gasteiger partial charge in [-0.25, -0.2) is 4.79 Å². The van der Waals surface area contributed by atoms with Crippen molar-refractivity contribution in [2.75, 3.05) is 0 Å². The van der Waals surface area contributed by atoms with Gasteiger partial charge in [-0.1, -0.05) is 18.2 Å². The largest absolute Gasteiger partial charge is 0.478 e. The first-order valence-electron chi connectivity index (χ1n) is 4.84. The van der Waals surface area contributed by atoms with Crippen LogP contribution in [0.5, 0.6) is 0 Å². The van der Waals surface area contributed by atoms with Crippen LogP contribution in [0.25, 0.3) is 5.57 Å². The Kier molecular flexibility index (Phi) is 2.63. The maximum atomic E-state index is 10.6. The van der Waals surface area contributed by atoms with Gasteiger partial charge in [0.15, 0.2) is 0 Å². The molecule has 0 atom stereocenters. The van der Waals surface area contributed by atoms with E-state index >= 15 is 0 Å². The van der Waals surface area contributed by atoms with E-state index in [0.29, 0.717) is 0 Å². The molecule has 0 amide bonds. The number of nitrogens with zero attached hydrogens (tertiary/aromatic N) is 1. The predicted molar refractivity (Wildman–Crippen MR) is 57.5 cm³/mol. The molecule has 1 aromatic heterocycles. The number of aromatic nitrogens is 1. The average molecular weight is 201 g/mol. The van der Waals surface area contributed by atoms with Gasteiger partial charge in [-0.05, 0) is 30.5 Å². The summed E-state index contributed by atoms with van der Waals surface area (Å²) in [4.78, 5) is 14.7. The number of carboxylic acids is 1. The standard InChI is InChI=1S/C12H11NO2/c14-12(15)10-6-7-11(13-8-10)9-4-2-1-3-5-9/h2,4-8H,1,3H2,(H,14,15). The third-order valence-electron chi connectivity index (χ3n) is 2.30. The number of pyridine rings is 1. The van der Waals surface area contributed by atoms with Crippen molar-refractivity contribution in [1.82, 2.24) is 4.98 Å². The van der Waals surface area contributed by atoms with E-state index in [0.717, 1.165) is 24.1 Å². The van der Waals surface area contributed by atoms with Crippen LogP contribution in [0.4, 0.5) is 0 Å². The van der Waals surface area contributed by atoms with Gasteiger partial charge >= 0.3 is 5.97 Å². The summed E-state index contributed by atoms with van der Waals surface area (Å²) in [6, 6.07) is 3.32. The van der Waals surface area contributed by atoms with Gasteiger partial charge in [0.05, 0.1) is 11.3 Å². The Hall–Kier alpha value is -1.90. The summed E-state index contributed by atoms with van der Waals surface area (Å²) in [6.45, 7) is 0. The van der Waals surface area contributed by atoms with E-state index < -0.39 is 5.97 Å². The van der Waals surface area contributed by atoms with Crippen molar-refractivity contribution < 1.29 is 9.90 Å². The predicted octanol–water partition coefficient (Wildman–Crippen LogP) is 2.51. The number of hydrogen-bond acceptors (Lipinski definition) is 2. The summed E-state index contributed by atoms with van der Waals surface area (Å²) in [6.07, 6.45) is 9.71. The minimum atomic E-state index is -0.942. The van der Waals surface area contributed by atoms with Crippen LogP contribution in [0.1, 0.15) is 28.9 Å². The minimum absolute atomic E-state index is 0.221. The van der Waals surface area contributed by atoms with Crippen molar-refractivity contribution in [3.63, 3.8) is 0 Å². The van der Waals surface area contributed by atoms with Crippen LogP contribution in [0.3, 0.4) is 0 Å². The second-order valence-electron chi connectivity index (χ2n) is 3.38. The highest BCUT2D eigenvalue weighted by Crippen LogP contribution is 2.19. The molecular formula is C12H11NO2. The normalized spacial score (nSPS) is 14.8. The Morgan fingerprint density at radius 2 is 2.20 bits per heavy atom. The van der Waals surface area contributed by atoms with Crippen molar-refractivity contribution in [2.24, 2.45) is 0 Å². The van der Waals surface area contributed by atoms with Gasteiger partial charge in [0.25, 0.3) is 0 Å². The Bertz CT molecular complexity index is 429. The maximum Gasteiger partial charge on any atom is 0.337 e. The molecule has 3 heteroatoms. The summed E-state index contributed by atoms with van der Waals surface area (Å²) >= 11 is 0. The molecule has 15 heavy (non-hydrogen) atoms.